The van der Waals surface area contributed by atoms with Crippen LogP contribution in [0.5, 0.6) is 5.75 Å². The molecule has 3 aromatic carbocycles. The molecule has 3 aromatic rings. The van der Waals surface area contributed by atoms with E-state index in [1.165, 1.54) is 55.6 Å². The number of carbonyl (C=O) groups excluding carboxylic acids is 1. The van der Waals surface area contributed by atoms with Gasteiger partial charge in [-0.15, -0.1) is 0 Å². The summed E-state index contributed by atoms with van der Waals surface area (Å²) in [6, 6.07) is 17.6. The Balaban J connectivity index is 1.64. The molecule has 30 heavy (non-hydrogen) atoms. The van der Waals surface area contributed by atoms with Gasteiger partial charge >= 0.3 is 0 Å². The fourth-order valence-electron chi connectivity index (χ4n) is 3.16. The van der Waals surface area contributed by atoms with E-state index >= 15 is 0 Å². The number of para-hydroxylation sites is 1. The van der Waals surface area contributed by atoms with E-state index < -0.39 is 26.0 Å². The highest BCUT2D eigenvalue weighted by Gasteiger charge is 2.47. The summed E-state index contributed by atoms with van der Waals surface area (Å²) >= 11 is 0. The Morgan fingerprint density at radius 3 is 1.90 bits per heavy atom. The van der Waals surface area contributed by atoms with E-state index in [4.69, 9.17) is 4.74 Å². The minimum absolute atomic E-state index is 0.0542. The van der Waals surface area contributed by atoms with Crippen molar-refractivity contribution in [2.24, 2.45) is 0 Å². The van der Waals surface area contributed by atoms with E-state index in [1.54, 1.807) is 24.3 Å². The van der Waals surface area contributed by atoms with Crippen molar-refractivity contribution >= 4 is 37.3 Å². The average Bonchev–Trinajstić information content (AvgIpc) is 2.90. The minimum atomic E-state index is -4.25. The fraction of sp³-hybridized carbons (Fsp3) is 0.0500. The third kappa shape index (κ3) is 3.10. The first-order valence-electron chi connectivity index (χ1n) is 8.71. The molecule has 1 aliphatic rings. The number of amides is 1. The molecule has 0 atom stereocenters. The molecule has 0 saturated carbocycles. The predicted molar refractivity (Wildman–Crippen MR) is 111 cm³/mol. The summed E-state index contributed by atoms with van der Waals surface area (Å²) in [6.07, 6.45) is 0. The number of hydrogen-bond acceptors (Lipinski definition) is 6. The Hall–Kier alpha value is -3.37. The lowest BCUT2D eigenvalue weighted by atomic mass is 10.2. The second-order valence-electron chi connectivity index (χ2n) is 6.36. The molecule has 1 heterocycles. The molecule has 1 aliphatic heterocycles. The molecule has 8 nitrogen and oxygen atoms in total. The zero-order valence-electron chi connectivity index (χ0n) is 15.6. The lowest BCUT2D eigenvalue weighted by Gasteiger charge is -2.16. The van der Waals surface area contributed by atoms with E-state index in [1.807, 2.05) is 0 Å². The summed E-state index contributed by atoms with van der Waals surface area (Å²) in [7, 11) is -7.05. The van der Waals surface area contributed by atoms with Gasteiger partial charge in [-0.05, 0) is 48.5 Å². The van der Waals surface area contributed by atoms with Gasteiger partial charge < -0.3 is 10.1 Å². The van der Waals surface area contributed by atoms with Crippen LogP contribution < -0.4 is 13.8 Å². The maximum absolute atomic E-state index is 12.8. The highest BCUT2D eigenvalue weighted by molar-refractivity contribution is 8.12. The summed E-state index contributed by atoms with van der Waals surface area (Å²) in [5.74, 6) is -0.0207. The first-order valence-corrected chi connectivity index (χ1v) is 11.6. The molecule has 1 amide bonds. The van der Waals surface area contributed by atoms with Crippen molar-refractivity contribution in [3.63, 3.8) is 0 Å². The van der Waals surface area contributed by atoms with Crippen LogP contribution in [0.4, 0.5) is 11.4 Å². The van der Waals surface area contributed by atoms with E-state index in [0.29, 0.717) is 20.7 Å². The third-order valence-electron chi connectivity index (χ3n) is 4.53. The van der Waals surface area contributed by atoms with Crippen LogP contribution >= 0.6 is 0 Å². The van der Waals surface area contributed by atoms with Crippen molar-refractivity contribution in [1.29, 1.82) is 0 Å². The Morgan fingerprint density at radius 1 is 0.800 bits per heavy atom. The fourth-order valence-corrected chi connectivity index (χ4v) is 7.61. The largest absolute Gasteiger partial charge is 0.496 e. The molecule has 10 heteroatoms. The highest BCUT2D eigenvalue weighted by Crippen LogP contribution is 2.40. The third-order valence-corrected chi connectivity index (χ3v) is 8.95. The van der Waals surface area contributed by atoms with E-state index in [9.17, 15) is 21.6 Å². The topological polar surface area (TPSA) is 110 Å². The zero-order chi connectivity index (χ0) is 21.5. The first-order chi connectivity index (χ1) is 14.3. The number of carbonyl (C=O) groups is 1. The van der Waals surface area contributed by atoms with Crippen molar-refractivity contribution < 1.29 is 26.4 Å². The predicted octanol–water partition coefficient (Wildman–Crippen LogP) is 2.85. The number of fused-ring (bicyclic) bond motifs is 1. The van der Waals surface area contributed by atoms with Gasteiger partial charge in [0.25, 0.3) is 26.0 Å². The number of nitrogens with one attached hydrogen (secondary N) is 1. The lowest BCUT2D eigenvalue weighted by Crippen LogP contribution is -2.30. The monoisotopic (exact) mass is 444 g/mol. The van der Waals surface area contributed by atoms with Crippen molar-refractivity contribution in [3.8, 4) is 5.75 Å². The van der Waals surface area contributed by atoms with E-state index in [-0.39, 0.29) is 15.5 Å². The molecule has 4 rings (SSSR count). The summed E-state index contributed by atoms with van der Waals surface area (Å²) in [6.45, 7) is 0. The molecule has 0 aromatic heterocycles. The van der Waals surface area contributed by atoms with Gasteiger partial charge in [-0.3, -0.25) is 4.79 Å². The van der Waals surface area contributed by atoms with Crippen LogP contribution in [0.2, 0.25) is 0 Å². The molecule has 0 radical (unpaired) electrons. The van der Waals surface area contributed by atoms with E-state index in [2.05, 4.69) is 5.32 Å². The minimum Gasteiger partial charge on any atom is -0.496 e. The Bertz CT molecular complexity index is 1300. The van der Waals surface area contributed by atoms with Gasteiger partial charge in [-0.2, -0.15) is 20.5 Å². The van der Waals surface area contributed by atoms with Crippen LogP contribution in [0.25, 0.3) is 0 Å². The second-order valence-corrected chi connectivity index (χ2v) is 10.1. The number of rotatable bonds is 4. The van der Waals surface area contributed by atoms with Crippen LogP contribution in [0.3, 0.4) is 0 Å². The summed E-state index contributed by atoms with van der Waals surface area (Å²) in [4.78, 5) is 12.0. The number of nitrogens with zero attached hydrogens (tertiary/aromatic N) is 1. The summed E-state index contributed by atoms with van der Waals surface area (Å²) < 4.78 is 56.7. The van der Waals surface area contributed by atoms with Crippen molar-refractivity contribution in [3.05, 3.63) is 78.4 Å². The van der Waals surface area contributed by atoms with E-state index in [0.717, 1.165) is 0 Å². The summed E-state index contributed by atoms with van der Waals surface area (Å²) in [5, 5.41) is 2.67. The Morgan fingerprint density at radius 2 is 1.33 bits per heavy atom. The molecule has 154 valence electrons. The zero-order valence-corrected chi connectivity index (χ0v) is 17.3. The molecule has 0 spiro atoms. The molecule has 0 saturated heterocycles. The molecular weight excluding hydrogens is 428 g/mol. The average molecular weight is 444 g/mol. The molecule has 0 aliphatic carbocycles. The van der Waals surface area contributed by atoms with Crippen LogP contribution in [-0.4, -0.2) is 29.9 Å². The first kappa shape index (κ1) is 19.9. The van der Waals surface area contributed by atoms with Crippen LogP contribution in [-0.2, 0) is 20.0 Å². The van der Waals surface area contributed by atoms with Gasteiger partial charge in [-0.25, -0.2) is 0 Å². The number of benzene rings is 3. The lowest BCUT2D eigenvalue weighted by molar-refractivity contribution is 0.102. The van der Waals surface area contributed by atoms with Crippen LogP contribution in [0.1, 0.15) is 10.4 Å². The number of methoxy groups -OCH3 is 1. The highest BCUT2D eigenvalue weighted by atomic mass is 32.3. The van der Waals surface area contributed by atoms with Gasteiger partial charge in [0, 0.05) is 5.69 Å². The van der Waals surface area contributed by atoms with Crippen molar-refractivity contribution in [1.82, 2.24) is 0 Å². The van der Waals surface area contributed by atoms with Gasteiger partial charge in [0.1, 0.15) is 15.5 Å². The van der Waals surface area contributed by atoms with Gasteiger partial charge in [0.2, 0.25) is 0 Å². The maximum Gasteiger partial charge on any atom is 0.279 e. The normalized spacial score (nSPS) is 16.0. The molecule has 0 fully saturated rings. The quantitative estimate of drug-likeness (QED) is 0.663. The van der Waals surface area contributed by atoms with Crippen molar-refractivity contribution in [2.45, 2.75) is 9.79 Å². The number of hydrogen-bond donors (Lipinski definition) is 1. The van der Waals surface area contributed by atoms with Gasteiger partial charge in [0.15, 0.2) is 0 Å². The Kier molecular flexibility index (Phi) is 4.75. The van der Waals surface area contributed by atoms with Gasteiger partial charge in [-0.1, -0.05) is 24.3 Å². The maximum atomic E-state index is 12.8. The second kappa shape index (κ2) is 7.15. The molecule has 0 bridgehead atoms. The standard InChI is InChI=1S/C20H16N2O6S2/c1-28-17-7-3-2-6-16(17)20(23)21-14-10-12-15(13-11-14)22-29(24,25)18-8-4-5-9-19(18)30(22,26)27/h2-13H,1H3,(H,21,23). The Labute approximate surface area is 173 Å². The summed E-state index contributed by atoms with van der Waals surface area (Å²) in [5.41, 5.74) is 0.631. The molecular formula is C20H16N2O6S2. The number of ether oxygens (including phenoxy) is 1. The SMILES string of the molecule is COc1ccccc1C(=O)Nc1ccc(N2S(=O)(=O)c3ccccc3S2(=O)=O)cc1. The molecule has 0 unspecified atom stereocenters. The number of anilines is 2. The molecule has 1 N–H and O–H groups in total. The van der Waals surface area contributed by atoms with Crippen LogP contribution in [0, 0.1) is 0 Å². The number of sulfonamides is 2. The van der Waals surface area contributed by atoms with Crippen molar-refractivity contribution in [2.75, 3.05) is 16.1 Å². The van der Waals surface area contributed by atoms with Crippen LogP contribution in [0.15, 0.2) is 82.6 Å². The van der Waals surface area contributed by atoms with Gasteiger partial charge in [0.05, 0.1) is 18.4 Å². The smallest absolute Gasteiger partial charge is 0.279 e.